The van der Waals surface area contributed by atoms with Gasteiger partial charge in [-0.3, -0.25) is 0 Å². The van der Waals surface area contributed by atoms with Crippen LogP contribution in [0.1, 0.15) is 18.5 Å². The Bertz CT molecular complexity index is 1090. The Morgan fingerprint density at radius 1 is 1.19 bits per heavy atom. The molecule has 0 saturated carbocycles. The topological polar surface area (TPSA) is 86.6 Å². The van der Waals surface area contributed by atoms with Crippen molar-refractivity contribution < 1.29 is 14.2 Å². The van der Waals surface area contributed by atoms with Gasteiger partial charge in [0.25, 0.3) is 0 Å². The Morgan fingerprint density at radius 3 is 2.77 bits per heavy atom. The Labute approximate surface area is 181 Å². The summed E-state index contributed by atoms with van der Waals surface area (Å²) in [5, 5.41) is 3.29. The molecule has 1 saturated heterocycles. The number of aromatic nitrogens is 4. The van der Waals surface area contributed by atoms with E-state index >= 15 is 0 Å². The van der Waals surface area contributed by atoms with Gasteiger partial charge in [0.1, 0.15) is 12.4 Å². The van der Waals surface area contributed by atoms with Crippen molar-refractivity contribution in [3.63, 3.8) is 0 Å². The third kappa shape index (κ3) is 3.54. The fraction of sp³-hybridized carbons (Fsp3) is 0.409. The van der Waals surface area contributed by atoms with Crippen LogP contribution in [-0.2, 0) is 4.74 Å². The maximum atomic E-state index is 6.02. The molecule has 1 N–H and O–H groups in total. The molecule has 1 aromatic carbocycles. The van der Waals surface area contributed by atoms with Crippen LogP contribution in [0.5, 0.6) is 11.5 Å². The lowest BCUT2D eigenvalue weighted by Gasteiger charge is -2.47. The van der Waals surface area contributed by atoms with E-state index in [1.54, 1.807) is 19.6 Å². The minimum absolute atomic E-state index is 0.0787. The molecular formula is C22H26N6O3. The molecule has 0 aliphatic carbocycles. The van der Waals surface area contributed by atoms with E-state index in [1.807, 2.05) is 35.9 Å². The molecular weight excluding hydrogens is 396 g/mol. The minimum atomic E-state index is -0.0787. The molecule has 4 heterocycles. The van der Waals surface area contributed by atoms with Gasteiger partial charge >= 0.3 is 0 Å². The summed E-state index contributed by atoms with van der Waals surface area (Å²) in [6.07, 6.45) is 7.30. The van der Waals surface area contributed by atoms with Crippen molar-refractivity contribution in [3.05, 3.63) is 42.6 Å². The van der Waals surface area contributed by atoms with Crippen molar-refractivity contribution in [1.29, 1.82) is 0 Å². The second kappa shape index (κ2) is 7.73. The first-order chi connectivity index (χ1) is 15.1. The summed E-state index contributed by atoms with van der Waals surface area (Å²) >= 11 is 0. The second-order valence-electron chi connectivity index (χ2n) is 8.00. The zero-order valence-corrected chi connectivity index (χ0v) is 18.0. The van der Waals surface area contributed by atoms with Crippen LogP contribution in [0, 0.1) is 6.92 Å². The van der Waals surface area contributed by atoms with Crippen LogP contribution in [0.25, 0.3) is 5.69 Å². The van der Waals surface area contributed by atoms with Gasteiger partial charge in [-0.25, -0.2) is 9.97 Å². The summed E-state index contributed by atoms with van der Waals surface area (Å²) < 4.78 is 19.1. The summed E-state index contributed by atoms with van der Waals surface area (Å²) in [5.41, 5.74) is 2.61. The minimum Gasteiger partial charge on any atom is -0.494 e. The molecule has 5 rings (SSSR count). The molecule has 162 valence electrons. The van der Waals surface area contributed by atoms with E-state index in [-0.39, 0.29) is 5.54 Å². The Kier molecular flexibility index (Phi) is 4.90. The van der Waals surface area contributed by atoms with Gasteiger partial charge in [-0.2, -0.15) is 4.98 Å². The third-order valence-electron chi connectivity index (χ3n) is 6.11. The van der Waals surface area contributed by atoms with Gasteiger partial charge in [0.05, 0.1) is 36.6 Å². The van der Waals surface area contributed by atoms with Crippen molar-refractivity contribution in [2.75, 3.05) is 44.2 Å². The molecule has 1 fully saturated rings. The average Bonchev–Trinajstić information content (AvgIpc) is 3.23. The van der Waals surface area contributed by atoms with E-state index in [4.69, 9.17) is 19.2 Å². The number of aryl methyl sites for hydroxylation is 1. The Morgan fingerprint density at radius 2 is 2.03 bits per heavy atom. The number of hydrogen-bond donors (Lipinski definition) is 1. The van der Waals surface area contributed by atoms with Crippen LogP contribution in [0.3, 0.4) is 0 Å². The fourth-order valence-corrected chi connectivity index (χ4v) is 4.18. The quantitative estimate of drug-likeness (QED) is 0.686. The second-order valence-corrected chi connectivity index (χ2v) is 8.00. The number of anilines is 3. The molecule has 0 radical (unpaired) electrons. The van der Waals surface area contributed by atoms with E-state index in [0.717, 1.165) is 54.7 Å². The van der Waals surface area contributed by atoms with Crippen LogP contribution in [0.15, 0.2) is 36.9 Å². The van der Waals surface area contributed by atoms with Crippen molar-refractivity contribution >= 4 is 17.5 Å². The fourth-order valence-electron chi connectivity index (χ4n) is 4.18. The van der Waals surface area contributed by atoms with Crippen molar-refractivity contribution in [1.82, 2.24) is 19.5 Å². The highest BCUT2D eigenvalue weighted by molar-refractivity contribution is 5.64. The average molecular weight is 422 g/mol. The molecule has 0 amide bonds. The summed E-state index contributed by atoms with van der Waals surface area (Å²) in [7, 11) is 3.73. The van der Waals surface area contributed by atoms with Crippen molar-refractivity contribution in [2.24, 2.45) is 0 Å². The highest BCUT2D eigenvalue weighted by Crippen LogP contribution is 2.40. The largest absolute Gasteiger partial charge is 0.494 e. The smallest absolute Gasteiger partial charge is 0.229 e. The van der Waals surface area contributed by atoms with Crippen LogP contribution in [0.4, 0.5) is 17.5 Å². The van der Waals surface area contributed by atoms with Gasteiger partial charge in [-0.1, -0.05) is 0 Å². The summed E-state index contributed by atoms with van der Waals surface area (Å²) in [6, 6.07) is 5.87. The van der Waals surface area contributed by atoms with Gasteiger partial charge < -0.3 is 29.0 Å². The molecule has 0 unspecified atom stereocenters. The number of methoxy groups -OCH3 is 1. The normalized spacial score (nSPS) is 17.2. The Balaban J connectivity index is 1.41. The van der Waals surface area contributed by atoms with Gasteiger partial charge in [-0.15, -0.1) is 0 Å². The summed E-state index contributed by atoms with van der Waals surface area (Å²) in [5.74, 6) is 2.73. The zero-order valence-electron chi connectivity index (χ0n) is 18.0. The highest BCUT2D eigenvalue weighted by Gasteiger charge is 2.42. The maximum Gasteiger partial charge on any atom is 0.229 e. The number of fused-ring (bicyclic) bond motifs is 1. The van der Waals surface area contributed by atoms with E-state index in [0.29, 0.717) is 18.3 Å². The first kappa shape index (κ1) is 19.6. The number of benzene rings is 1. The molecule has 3 aromatic rings. The number of imidazole rings is 1. The Hall–Kier alpha value is -3.33. The molecule has 2 aliphatic heterocycles. The lowest BCUT2D eigenvalue weighted by molar-refractivity contribution is 0.0265. The van der Waals surface area contributed by atoms with Gasteiger partial charge in [0, 0.05) is 38.2 Å². The van der Waals surface area contributed by atoms with E-state index in [9.17, 15) is 0 Å². The predicted molar refractivity (Wildman–Crippen MR) is 117 cm³/mol. The van der Waals surface area contributed by atoms with Gasteiger partial charge in [-0.05, 0) is 31.9 Å². The summed E-state index contributed by atoms with van der Waals surface area (Å²) in [6.45, 7) is 4.06. The number of nitrogens with one attached hydrogen (secondary N) is 1. The van der Waals surface area contributed by atoms with Crippen LogP contribution < -0.4 is 19.7 Å². The number of ether oxygens (including phenoxy) is 3. The van der Waals surface area contributed by atoms with Crippen LogP contribution in [-0.4, -0.2) is 59.0 Å². The van der Waals surface area contributed by atoms with Crippen molar-refractivity contribution in [3.8, 4) is 17.2 Å². The molecule has 0 bridgehead atoms. The monoisotopic (exact) mass is 422 g/mol. The van der Waals surface area contributed by atoms with Crippen LogP contribution in [0.2, 0.25) is 0 Å². The standard InChI is InChI=1S/C22H26N6O3/c1-15-12-28(14-24-15)17-5-4-16(10-18(17)29-3)25-21-23-11-19-20(26-21)27(2)22(13-31-19)6-8-30-9-7-22/h4-5,10-12,14H,6-9,13H2,1-3H3,(H,23,25,26). The predicted octanol–water partition coefficient (Wildman–Crippen LogP) is 3.10. The number of likely N-dealkylation sites (N-methyl/N-ethyl adjacent to an activating group) is 1. The first-order valence-electron chi connectivity index (χ1n) is 10.4. The van der Waals surface area contributed by atoms with Crippen LogP contribution >= 0.6 is 0 Å². The molecule has 1 spiro atoms. The van der Waals surface area contributed by atoms with E-state index < -0.39 is 0 Å². The lowest BCUT2D eigenvalue weighted by Crippen LogP contribution is -2.57. The zero-order chi connectivity index (χ0) is 21.4. The number of rotatable bonds is 4. The first-order valence-corrected chi connectivity index (χ1v) is 10.4. The van der Waals surface area contributed by atoms with Gasteiger partial charge in [0.15, 0.2) is 11.6 Å². The number of hydrogen-bond acceptors (Lipinski definition) is 8. The lowest BCUT2D eigenvalue weighted by atomic mass is 9.88. The molecule has 2 aliphatic rings. The maximum absolute atomic E-state index is 6.02. The van der Waals surface area contributed by atoms with E-state index in [1.165, 1.54) is 0 Å². The molecule has 9 nitrogen and oxygen atoms in total. The number of nitrogens with zero attached hydrogens (tertiary/aromatic N) is 5. The molecule has 9 heteroatoms. The van der Waals surface area contributed by atoms with E-state index in [2.05, 4.69) is 27.2 Å². The molecule has 2 aromatic heterocycles. The molecule has 31 heavy (non-hydrogen) atoms. The summed E-state index contributed by atoms with van der Waals surface area (Å²) in [4.78, 5) is 15.7. The third-order valence-corrected chi connectivity index (χ3v) is 6.11. The van der Waals surface area contributed by atoms with Crippen molar-refractivity contribution in [2.45, 2.75) is 25.3 Å². The highest BCUT2D eigenvalue weighted by atomic mass is 16.5. The van der Waals surface area contributed by atoms with Gasteiger partial charge in [0.2, 0.25) is 5.95 Å². The molecule has 0 atom stereocenters. The SMILES string of the molecule is COc1cc(Nc2ncc3c(n2)N(C)C2(CCOCC2)CO3)ccc1-n1cnc(C)c1.